The first-order chi connectivity index (χ1) is 15.2. The maximum Gasteiger partial charge on any atom is 0.146 e. The van der Waals surface area contributed by atoms with Crippen LogP contribution in [0.2, 0.25) is 0 Å². The Bertz CT molecular complexity index is 1010. The van der Waals surface area contributed by atoms with Crippen LogP contribution in [0.3, 0.4) is 0 Å². The van der Waals surface area contributed by atoms with E-state index in [1.54, 1.807) is 30.6 Å². The zero-order valence-corrected chi connectivity index (χ0v) is 20.5. The SMILES string of the molecule is COc1c(SC)cc([P+](c2ccccc2)(c2ccccc2)c2ccccc2)cc1SC. The van der Waals surface area contributed by atoms with E-state index in [1.807, 2.05) is 0 Å². The number of ether oxygens (including phenoxy) is 1. The number of rotatable bonds is 7. The Balaban J connectivity index is 2.16. The minimum atomic E-state index is -2.10. The van der Waals surface area contributed by atoms with Gasteiger partial charge in [0.15, 0.2) is 0 Å². The highest BCUT2D eigenvalue weighted by Gasteiger charge is 2.48. The molecular weight excluding hydrogens is 435 g/mol. The van der Waals surface area contributed by atoms with Crippen molar-refractivity contribution in [3.8, 4) is 5.75 Å². The van der Waals surface area contributed by atoms with Crippen LogP contribution in [0.15, 0.2) is 113 Å². The highest BCUT2D eigenvalue weighted by atomic mass is 32.2. The molecule has 4 aromatic carbocycles. The van der Waals surface area contributed by atoms with Gasteiger partial charge in [0.05, 0.1) is 16.9 Å². The number of hydrogen-bond donors (Lipinski definition) is 0. The van der Waals surface area contributed by atoms with Crippen LogP contribution >= 0.6 is 30.8 Å². The summed E-state index contributed by atoms with van der Waals surface area (Å²) in [6.07, 6.45) is 4.25. The molecule has 0 aliphatic rings. The average Bonchev–Trinajstić information content (AvgIpc) is 2.86. The predicted octanol–water partition coefficient (Wildman–Crippen LogP) is 5.76. The van der Waals surface area contributed by atoms with Crippen molar-refractivity contribution in [3.63, 3.8) is 0 Å². The zero-order chi connectivity index (χ0) is 21.7. The molecule has 0 aliphatic carbocycles. The molecule has 4 rings (SSSR count). The van der Waals surface area contributed by atoms with Crippen LogP contribution in [0.1, 0.15) is 0 Å². The van der Waals surface area contributed by atoms with E-state index < -0.39 is 7.26 Å². The number of methoxy groups -OCH3 is 1. The second-order valence-electron chi connectivity index (χ2n) is 7.06. The molecule has 31 heavy (non-hydrogen) atoms. The molecule has 0 atom stereocenters. The summed E-state index contributed by atoms with van der Waals surface area (Å²) >= 11 is 3.49. The van der Waals surface area contributed by atoms with E-state index in [0.29, 0.717) is 0 Å². The van der Waals surface area contributed by atoms with Crippen molar-refractivity contribution in [3.05, 3.63) is 103 Å². The molecule has 4 aromatic rings. The quantitative estimate of drug-likeness (QED) is 0.256. The molecule has 0 unspecified atom stereocenters. The van der Waals surface area contributed by atoms with E-state index >= 15 is 0 Å². The van der Waals surface area contributed by atoms with Gasteiger partial charge in [-0.25, -0.2) is 0 Å². The van der Waals surface area contributed by atoms with Crippen LogP contribution in [0.5, 0.6) is 5.75 Å². The Kier molecular flexibility index (Phi) is 7.07. The van der Waals surface area contributed by atoms with E-state index in [1.165, 1.54) is 31.0 Å². The van der Waals surface area contributed by atoms with E-state index in [4.69, 9.17) is 4.74 Å². The van der Waals surface area contributed by atoms with Crippen LogP contribution in [0, 0.1) is 0 Å². The fourth-order valence-corrected chi connectivity index (χ4v) is 9.89. The number of hydrogen-bond acceptors (Lipinski definition) is 3. The molecule has 0 bridgehead atoms. The maximum absolute atomic E-state index is 5.81. The van der Waals surface area contributed by atoms with Gasteiger partial charge in [0.1, 0.15) is 34.2 Å². The molecular formula is C27H26OPS2+. The van der Waals surface area contributed by atoms with E-state index in [0.717, 1.165) is 5.75 Å². The van der Waals surface area contributed by atoms with Crippen LogP contribution in [-0.2, 0) is 0 Å². The van der Waals surface area contributed by atoms with Gasteiger partial charge in [-0.2, -0.15) is 0 Å². The van der Waals surface area contributed by atoms with Gasteiger partial charge in [-0.15, -0.1) is 23.5 Å². The van der Waals surface area contributed by atoms with Gasteiger partial charge in [0.25, 0.3) is 0 Å². The largest absolute Gasteiger partial charge is 0.494 e. The molecule has 0 N–H and O–H groups in total. The smallest absolute Gasteiger partial charge is 0.146 e. The third-order valence-corrected chi connectivity index (χ3v) is 11.2. The Hall–Kier alpha value is -2.19. The Labute approximate surface area is 194 Å². The van der Waals surface area contributed by atoms with Crippen molar-refractivity contribution in [2.45, 2.75) is 9.79 Å². The lowest BCUT2D eigenvalue weighted by molar-refractivity contribution is 0.395. The summed E-state index contributed by atoms with van der Waals surface area (Å²) in [5.41, 5.74) is 0. The third kappa shape index (κ3) is 4.03. The van der Waals surface area contributed by atoms with Crippen LogP contribution in [0.25, 0.3) is 0 Å². The third-order valence-electron chi connectivity index (χ3n) is 5.47. The molecule has 0 saturated carbocycles. The van der Waals surface area contributed by atoms with Crippen molar-refractivity contribution in [2.24, 2.45) is 0 Å². The van der Waals surface area contributed by atoms with Crippen LogP contribution < -0.4 is 26.0 Å². The summed E-state index contributed by atoms with van der Waals surface area (Å²) in [7, 11) is -0.332. The van der Waals surface area contributed by atoms with E-state index in [9.17, 15) is 0 Å². The van der Waals surface area contributed by atoms with Crippen molar-refractivity contribution >= 4 is 52.0 Å². The highest BCUT2D eigenvalue weighted by Crippen LogP contribution is 2.55. The van der Waals surface area contributed by atoms with E-state index in [-0.39, 0.29) is 0 Å². The molecule has 156 valence electrons. The molecule has 0 aliphatic heterocycles. The van der Waals surface area contributed by atoms with Gasteiger partial charge < -0.3 is 4.74 Å². The van der Waals surface area contributed by atoms with Gasteiger partial charge in [0, 0.05) is 0 Å². The second-order valence-corrected chi connectivity index (χ2v) is 12.2. The van der Waals surface area contributed by atoms with Gasteiger partial charge >= 0.3 is 0 Å². The monoisotopic (exact) mass is 461 g/mol. The Morgan fingerprint density at radius 3 is 1.19 bits per heavy atom. The predicted molar refractivity (Wildman–Crippen MR) is 141 cm³/mol. The minimum absolute atomic E-state index is 0.969. The molecule has 0 spiro atoms. The summed E-state index contributed by atoms with van der Waals surface area (Å²) in [6.45, 7) is 0. The Morgan fingerprint density at radius 2 is 0.903 bits per heavy atom. The molecule has 0 radical (unpaired) electrons. The molecule has 0 saturated heterocycles. The molecule has 0 fully saturated rings. The Morgan fingerprint density at radius 1 is 0.548 bits per heavy atom. The van der Waals surface area contributed by atoms with Gasteiger partial charge in [-0.1, -0.05) is 54.6 Å². The lowest BCUT2D eigenvalue weighted by Crippen LogP contribution is -2.38. The zero-order valence-electron chi connectivity index (χ0n) is 18.0. The van der Waals surface area contributed by atoms with Crippen LogP contribution in [0.4, 0.5) is 0 Å². The van der Waals surface area contributed by atoms with Crippen molar-refractivity contribution in [1.82, 2.24) is 0 Å². The normalized spacial score (nSPS) is 11.3. The summed E-state index contributed by atoms with van der Waals surface area (Å²) < 4.78 is 5.81. The van der Waals surface area contributed by atoms with Gasteiger partial charge in [-0.3, -0.25) is 0 Å². The first kappa shape index (κ1) is 22.0. The second kappa shape index (κ2) is 9.96. The van der Waals surface area contributed by atoms with Crippen molar-refractivity contribution in [2.75, 3.05) is 19.6 Å². The van der Waals surface area contributed by atoms with Crippen molar-refractivity contribution < 1.29 is 4.74 Å². The topological polar surface area (TPSA) is 9.23 Å². The highest BCUT2D eigenvalue weighted by molar-refractivity contribution is 8.02. The van der Waals surface area contributed by atoms with Gasteiger partial charge in [-0.05, 0) is 61.0 Å². The summed E-state index contributed by atoms with van der Waals surface area (Å²) in [5.74, 6) is 0.969. The summed E-state index contributed by atoms with van der Waals surface area (Å²) in [5, 5.41) is 5.43. The van der Waals surface area contributed by atoms with E-state index in [2.05, 4.69) is 116 Å². The standard InChI is InChI=1S/C27H26OPS2/c1-28-27-25(30-2)19-24(20-26(27)31-3)29(21-13-7-4-8-14-21,22-15-9-5-10-16-22)23-17-11-6-12-18-23/h4-20H,1-3H3/q+1. The maximum atomic E-state index is 5.81. The summed E-state index contributed by atoms with van der Waals surface area (Å²) in [4.78, 5) is 2.35. The van der Waals surface area contributed by atoms with Crippen LogP contribution in [-0.4, -0.2) is 19.6 Å². The van der Waals surface area contributed by atoms with Crippen molar-refractivity contribution in [1.29, 1.82) is 0 Å². The fraction of sp³-hybridized carbons (Fsp3) is 0.111. The summed E-state index contributed by atoms with van der Waals surface area (Å²) in [6, 6.07) is 37.7. The molecule has 0 amide bonds. The molecule has 1 nitrogen and oxygen atoms in total. The minimum Gasteiger partial charge on any atom is -0.494 e. The number of benzene rings is 4. The van der Waals surface area contributed by atoms with Gasteiger partial charge in [0.2, 0.25) is 0 Å². The average molecular weight is 462 g/mol. The molecule has 0 aromatic heterocycles. The first-order valence-electron chi connectivity index (χ1n) is 10.1. The first-order valence-corrected chi connectivity index (χ1v) is 14.4. The fourth-order valence-electron chi connectivity index (χ4n) is 4.11. The lowest BCUT2D eigenvalue weighted by atomic mass is 10.3. The number of thioether (sulfide) groups is 2. The molecule has 4 heteroatoms. The lowest BCUT2D eigenvalue weighted by Gasteiger charge is -2.28. The molecule has 0 heterocycles.